The van der Waals surface area contributed by atoms with E-state index in [2.05, 4.69) is 0 Å². The van der Waals surface area contributed by atoms with Crippen molar-refractivity contribution in [3.05, 3.63) is 32.6 Å². The van der Waals surface area contributed by atoms with Gasteiger partial charge in [-0.3, -0.25) is 9.36 Å². The Balaban J connectivity index is 3.04. The van der Waals surface area contributed by atoms with Gasteiger partial charge in [0.2, 0.25) is 0 Å². The fourth-order valence-electron chi connectivity index (χ4n) is 1.25. The molecule has 0 atom stereocenters. The summed E-state index contributed by atoms with van der Waals surface area (Å²) in [6.07, 6.45) is -3.69. The molecule has 0 radical (unpaired) electrons. The fourth-order valence-corrected chi connectivity index (χ4v) is 1.44. The Morgan fingerprint density at radius 2 is 1.94 bits per heavy atom. The second kappa shape index (κ2) is 5.39. The minimum atomic E-state index is -4.73. The van der Waals surface area contributed by atoms with Crippen LogP contribution in [0.2, 0.25) is 0 Å². The molecule has 17 heavy (non-hydrogen) atoms. The molecule has 0 aromatic carbocycles. The fraction of sp³-hybridized carbons (Fsp3) is 0.556. The molecule has 0 saturated carbocycles. The van der Waals surface area contributed by atoms with Crippen molar-refractivity contribution < 1.29 is 13.2 Å². The molecule has 1 aromatic rings. The van der Waals surface area contributed by atoms with Gasteiger partial charge < -0.3 is 4.98 Å². The summed E-state index contributed by atoms with van der Waals surface area (Å²) in [5.41, 5.74) is -3.35. The second-order valence-electron chi connectivity index (χ2n) is 3.37. The van der Waals surface area contributed by atoms with Crippen molar-refractivity contribution in [1.29, 1.82) is 0 Å². The van der Waals surface area contributed by atoms with E-state index in [1.54, 1.807) is 4.98 Å². The van der Waals surface area contributed by atoms with Crippen molar-refractivity contribution in [3.8, 4) is 0 Å². The van der Waals surface area contributed by atoms with Crippen molar-refractivity contribution in [2.45, 2.75) is 25.6 Å². The van der Waals surface area contributed by atoms with Crippen molar-refractivity contribution in [1.82, 2.24) is 9.55 Å². The minimum absolute atomic E-state index is 0.0546. The zero-order valence-electron chi connectivity index (χ0n) is 8.68. The van der Waals surface area contributed by atoms with Crippen molar-refractivity contribution in [2.24, 2.45) is 0 Å². The van der Waals surface area contributed by atoms with Gasteiger partial charge in [-0.15, -0.1) is 11.6 Å². The first kappa shape index (κ1) is 13.8. The Morgan fingerprint density at radius 3 is 2.41 bits per heavy atom. The van der Waals surface area contributed by atoms with Crippen LogP contribution in [-0.4, -0.2) is 15.4 Å². The first-order valence-corrected chi connectivity index (χ1v) is 5.37. The van der Waals surface area contributed by atoms with Crippen LogP contribution in [0.15, 0.2) is 15.7 Å². The standard InChI is InChI=1S/C9H10ClF3N2O2/c10-3-1-2-4-15-7(16)5-6(9(11,12)13)14-8(15)17/h5H,1-4H2,(H,14,17). The number of aromatic amines is 1. The Hall–Kier alpha value is -1.24. The van der Waals surface area contributed by atoms with Crippen LogP contribution >= 0.6 is 11.6 Å². The lowest BCUT2D eigenvalue weighted by Gasteiger charge is -2.08. The van der Waals surface area contributed by atoms with Gasteiger partial charge in [-0.05, 0) is 12.8 Å². The average molecular weight is 271 g/mol. The zero-order valence-corrected chi connectivity index (χ0v) is 9.44. The molecule has 1 aromatic heterocycles. The molecule has 1 N–H and O–H groups in total. The molecule has 0 aliphatic heterocycles. The summed E-state index contributed by atoms with van der Waals surface area (Å²) in [6.45, 7) is 0.0546. The molecule has 4 nitrogen and oxygen atoms in total. The number of nitrogens with one attached hydrogen (secondary N) is 1. The molecule has 1 rings (SSSR count). The predicted octanol–water partition coefficient (Wildman–Crippen LogP) is 1.57. The maximum atomic E-state index is 12.3. The molecule has 1 heterocycles. The van der Waals surface area contributed by atoms with Gasteiger partial charge in [0.15, 0.2) is 0 Å². The van der Waals surface area contributed by atoms with Crippen molar-refractivity contribution >= 4 is 11.6 Å². The van der Waals surface area contributed by atoms with Gasteiger partial charge in [0, 0.05) is 18.5 Å². The van der Waals surface area contributed by atoms with Crippen molar-refractivity contribution in [2.75, 3.05) is 5.88 Å². The van der Waals surface area contributed by atoms with Gasteiger partial charge in [-0.25, -0.2) is 4.79 Å². The maximum absolute atomic E-state index is 12.3. The molecule has 0 amide bonds. The number of H-pyrrole nitrogens is 1. The highest BCUT2D eigenvalue weighted by molar-refractivity contribution is 6.17. The quantitative estimate of drug-likeness (QED) is 0.667. The summed E-state index contributed by atoms with van der Waals surface area (Å²) >= 11 is 5.41. The zero-order chi connectivity index (χ0) is 13.1. The highest BCUT2D eigenvalue weighted by atomic mass is 35.5. The number of nitrogens with zero attached hydrogens (tertiary/aromatic N) is 1. The number of rotatable bonds is 4. The molecule has 0 spiro atoms. The summed E-state index contributed by atoms with van der Waals surface area (Å²) in [7, 11) is 0. The van der Waals surface area contributed by atoms with Crippen molar-refractivity contribution in [3.63, 3.8) is 0 Å². The summed E-state index contributed by atoms with van der Waals surface area (Å²) in [5, 5.41) is 0. The normalized spacial score (nSPS) is 11.8. The Kier molecular flexibility index (Phi) is 4.39. The Labute approximate surface area is 99.0 Å². The van der Waals surface area contributed by atoms with Gasteiger partial charge in [0.25, 0.3) is 5.56 Å². The van der Waals surface area contributed by atoms with Gasteiger partial charge in [-0.1, -0.05) is 0 Å². The van der Waals surface area contributed by atoms with Crippen LogP contribution in [0, 0.1) is 0 Å². The van der Waals surface area contributed by atoms with Crippen LogP contribution in [0.25, 0.3) is 0 Å². The molecule has 0 bridgehead atoms. The van der Waals surface area contributed by atoms with Gasteiger partial charge in [0.1, 0.15) is 5.69 Å². The first-order valence-electron chi connectivity index (χ1n) is 4.83. The second-order valence-corrected chi connectivity index (χ2v) is 3.75. The molecule has 0 aliphatic carbocycles. The molecule has 0 saturated heterocycles. The summed E-state index contributed by atoms with van der Waals surface area (Å²) in [5.74, 6) is 0.368. The van der Waals surface area contributed by atoms with Crippen LogP contribution in [0.4, 0.5) is 13.2 Å². The van der Waals surface area contributed by atoms with Crippen LogP contribution < -0.4 is 11.2 Å². The SMILES string of the molecule is O=c1cc(C(F)(F)F)[nH]c(=O)n1CCCCCl. The molecule has 96 valence electrons. The van der Waals surface area contributed by atoms with E-state index in [4.69, 9.17) is 11.6 Å². The molecular formula is C9H10ClF3N2O2. The number of hydrogen-bond acceptors (Lipinski definition) is 2. The number of aromatic nitrogens is 2. The lowest BCUT2D eigenvalue weighted by atomic mass is 10.3. The average Bonchev–Trinajstić information content (AvgIpc) is 2.20. The van der Waals surface area contributed by atoms with E-state index in [1.165, 1.54) is 0 Å². The molecule has 0 fully saturated rings. The van der Waals surface area contributed by atoms with E-state index in [1.807, 2.05) is 0 Å². The lowest BCUT2D eigenvalue weighted by molar-refractivity contribution is -0.141. The monoisotopic (exact) mass is 270 g/mol. The number of unbranched alkanes of at least 4 members (excludes halogenated alkanes) is 1. The highest BCUT2D eigenvalue weighted by Crippen LogP contribution is 2.25. The van der Waals surface area contributed by atoms with E-state index < -0.39 is 23.1 Å². The maximum Gasteiger partial charge on any atom is 0.431 e. The summed E-state index contributed by atoms with van der Waals surface area (Å²) in [6, 6.07) is 0.377. The van der Waals surface area contributed by atoms with Crippen LogP contribution in [0.3, 0.4) is 0 Å². The van der Waals surface area contributed by atoms with Crippen LogP contribution in [-0.2, 0) is 12.7 Å². The largest absolute Gasteiger partial charge is 0.431 e. The van der Waals surface area contributed by atoms with Gasteiger partial charge in [0.05, 0.1) is 0 Å². The van der Waals surface area contributed by atoms with Gasteiger partial charge in [-0.2, -0.15) is 13.2 Å². The molecule has 8 heteroatoms. The lowest BCUT2D eigenvalue weighted by Crippen LogP contribution is -2.37. The minimum Gasteiger partial charge on any atom is -0.303 e. The summed E-state index contributed by atoms with van der Waals surface area (Å²) < 4.78 is 37.5. The molecule has 0 unspecified atom stereocenters. The van der Waals surface area contributed by atoms with E-state index >= 15 is 0 Å². The molecule has 0 aliphatic rings. The van der Waals surface area contributed by atoms with Crippen LogP contribution in [0.1, 0.15) is 18.5 Å². The third kappa shape index (κ3) is 3.62. The Bertz CT molecular complexity index is 461. The first-order chi connectivity index (χ1) is 7.86. The summed E-state index contributed by atoms with van der Waals surface area (Å²) in [4.78, 5) is 24.2. The smallest absolute Gasteiger partial charge is 0.303 e. The highest BCUT2D eigenvalue weighted by Gasteiger charge is 2.32. The van der Waals surface area contributed by atoms with E-state index in [0.29, 0.717) is 24.8 Å². The third-order valence-electron chi connectivity index (χ3n) is 2.09. The van der Waals surface area contributed by atoms with E-state index in [0.717, 1.165) is 4.57 Å². The van der Waals surface area contributed by atoms with Gasteiger partial charge >= 0.3 is 11.9 Å². The Morgan fingerprint density at radius 1 is 1.29 bits per heavy atom. The molecular weight excluding hydrogens is 261 g/mol. The number of hydrogen-bond donors (Lipinski definition) is 1. The third-order valence-corrected chi connectivity index (χ3v) is 2.36. The number of halogens is 4. The topological polar surface area (TPSA) is 54.9 Å². The van der Waals surface area contributed by atoms with E-state index in [9.17, 15) is 22.8 Å². The van der Waals surface area contributed by atoms with E-state index in [-0.39, 0.29) is 6.54 Å². The van der Waals surface area contributed by atoms with Crippen LogP contribution in [0.5, 0.6) is 0 Å². The number of alkyl halides is 4. The predicted molar refractivity (Wildman–Crippen MR) is 56.3 cm³/mol.